The second-order valence-electron chi connectivity index (χ2n) is 4.69. The van der Waals surface area contributed by atoms with Crippen molar-refractivity contribution in [3.63, 3.8) is 0 Å². The number of rotatable bonds is 4. The fourth-order valence-electron chi connectivity index (χ4n) is 2.89. The Morgan fingerprint density at radius 2 is 2.00 bits per heavy atom. The Morgan fingerprint density at radius 3 is 2.44 bits per heavy atom. The molecule has 6 heteroatoms. The van der Waals surface area contributed by atoms with Crippen LogP contribution in [0.25, 0.3) is 0 Å². The van der Waals surface area contributed by atoms with Gasteiger partial charge in [-0.3, -0.25) is 0 Å². The fraction of sp³-hybridized carbons (Fsp3) is 1.00. The molecule has 1 fully saturated rings. The number of hydrogen-bond acceptors (Lipinski definition) is 3. The van der Waals surface area contributed by atoms with Gasteiger partial charge in [0, 0.05) is 0 Å². The van der Waals surface area contributed by atoms with E-state index in [0.717, 1.165) is 25.7 Å². The van der Waals surface area contributed by atoms with Gasteiger partial charge in [0.15, 0.2) is 5.55 Å². The minimum absolute atomic E-state index is 0.194. The van der Waals surface area contributed by atoms with E-state index < -0.39 is 17.4 Å². The van der Waals surface area contributed by atoms with Crippen LogP contribution in [0.3, 0.4) is 0 Å². The van der Waals surface area contributed by atoms with Crippen LogP contribution in [0.2, 0.25) is 0 Å². The summed E-state index contributed by atoms with van der Waals surface area (Å²) in [6.45, 7) is 2.13. The average molecular weight is 283 g/mol. The van der Waals surface area contributed by atoms with E-state index in [-0.39, 0.29) is 5.92 Å². The lowest BCUT2D eigenvalue weighted by Gasteiger charge is -2.38. The molecule has 3 nitrogen and oxygen atoms in total. The summed E-state index contributed by atoms with van der Waals surface area (Å²) in [7, 11) is 0. The summed E-state index contributed by atoms with van der Waals surface area (Å²) >= 11 is 8.12. The molecule has 0 amide bonds. The minimum Gasteiger partial charge on any atom is -0.378 e. The lowest BCUT2D eigenvalue weighted by atomic mass is 9.75. The molecule has 3 N–H and O–H groups in total. The van der Waals surface area contributed by atoms with E-state index in [0.29, 0.717) is 5.92 Å². The van der Waals surface area contributed by atoms with E-state index in [1.165, 1.54) is 6.42 Å². The summed E-state index contributed by atoms with van der Waals surface area (Å²) in [6.07, 6.45) is 4.39. The predicted octanol–water partition coefficient (Wildman–Crippen LogP) is 2.90. The molecular weight excluding hydrogens is 261 g/mol. The second-order valence-corrected chi connectivity index (χ2v) is 11.0. The lowest BCUT2D eigenvalue weighted by molar-refractivity contribution is 0.113. The van der Waals surface area contributed by atoms with Crippen LogP contribution in [-0.2, 0) is 4.57 Å². The van der Waals surface area contributed by atoms with E-state index in [1.807, 2.05) is 0 Å². The third kappa shape index (κ3) is 3.67. The van der Waals surface area contributed by atoms with Gasteiger partial charge in [-0.25, -0.2) is 0 Å². The van der Waals surface area contributed by atoms with E-state index in [2.05, 4.69) is 31.4 Å². The largest absolute Gasteiger partial charge is 0.378 e. The van der Waals surface area contributed by atoms with E-state index >= 15 is 0 Å². The zero-order valence-corrected chi connectivity index (χ0v) is 12.3. The van der Waals surface area contributed by atoms with Crippen molar-refractivity contribution in [2.45, 2.75) is 50.9 Å². The highest BCUT2D eigenvalue weighted by molar-refractivity contribution is 8.81. The monoisotopic (exact) mass is 283 g/mol. The first kappa shape index (κ1) is 14.9. The highest BCUT2D eigenvalue weighted by Crippen LogP contribution is 2.64. The highest BCUT2D eigenvalue weighted by Gasteiger charge is 2.41. The molecule has 0 radical (unpaired) electrons. The molecular formula is C10H22NO2PS2. The molecule has 1 aliphatic carbocycles. The van der Waals surface area contributed by atoms with Crippen LogP contribution in [0, 0.1) is 11.8 Å². The third-order valence-electron chi connectivity index (χ3n) is 3.67. The van der Waals surface area contributed by atoms with Gasteiger partial charge in [-0.15, -0.1) is 24.5 Å². The first-order chi connectivity index (χ1) is 7.38. The van der Waals surface area contributed by atoms with Crippen LogP contribution in [0.4, 0.5) is 0 Å². The normalized spacial score (nSPS) is 31.1. The molecule has 0 aromatic rings. The minimum atomic E-state index is -2.94. The molecule has 16 heavy (non-hydrogen) atoms. The van der Waals surface area contributed by atoms with Crippen LogP contribution in [0.15, 0.2) is 0 Å². The summed E-state index contributed by atoms with van der Waals surface area (Å²) < 4.78 is 12.0. The Labute approximate surface area is 108 Å². The summed E-state index contributed by atoms with van der Waals surface area (Å²) in [5.41, 5.74) is 2.14. The molecule has 4 atom stereocenters. The van der Waals surface area contributed by atoms with Gasteiger partial charge in [-0.1, -0.05) is 32.6 Å². The molecule has 96 valence electrons. The maximum Gasteiger partial charge on any atom is 0.192 e. The smallest absolute Gasteiger partial charge is 0.192 e. The van der Waals surface area contributed by atoms with Crippen LogP contribution in [-0.4, -0.2) is 17.0 Å². The molecule has 0 aromatic carbocycles. The number of aliphatic hydroxyl groups is 1. The van der Waals surface area contributed by atoms with Gasteiger partial charge in [0.1, 0.15) is 6.23 Å². The van der Waals surface area contributed by atoms with E-state index in [9.17, 15) is 9.67 Å². The Bertz CT molecular complexity index is 270. The Hall–Kier alpha value is 0.850. The van der Waals surface area contributed by atoms with E-state index in [1.54, 1.807) is 0 Å². The zero-order valence-electron chi connectivity index (χ0n) is 9.62. The average Bonchev–Trinajstić information content (AvgIpc) is 2.15. The topological polar surface area (TPSA) is 63.3 Å². The van der Waals surface area contributed by atoms with Gasteiger partial charge in [0.05, 0.1) is 5.66 Å². The number of thiol groups is 2. The molecule has 0 aliphatic heterocycles. The maximum absolute atomic E-state index is 12.0. The standard InChI is InChI=1S/C10H22NO2PS2/c1-2-7-5-3-4-6-8(7)9(10(11)12)14(13,15)16/h7-10,12H,2-6,11H2,1H3,(H2,13,15,16). The summed E-state index contributed by atoms with van der Waals surface area (Å²) in [5.74, 6) is 0.684. The molecule has 0 aromatic heterocycles. The Morgan fingerprint density at radius 1 is 1.44 bits per heavy atom. The zero-order chi connectivity index (χ0) is 12.3. The fourth-order valence-corrected chi connectivity index (χ4v) is 6.03. The summed E-state index contributed by atoms with van der Waals surface area (Å²) in [5, 5.41) is 9.62. The van der Waals surface area contributed by atoms with Crippen molar-refractivity contribution in [1.29, 1.82) is 0 Å². The summed E-state index contributed by atoms with van der Waals surface area (Å²) in [4.78, 5) is 0. The van der Waals surface area contributed by atoms with Gasteiger partial charge < -0.3 is 15.4 Å². The SMILES string of the molecule is CCC1CCCCC1C(C(N)O)P(=O)(S)S. The molecule has 0 bridgehead atoms. The van der Waals surface area contributed by atoms with Crippen molar-refractivity contribution < 1.29 is 9.67 Å². The molecule has 1 rings (SSSR count). The maximum atomic E-state index is 12.0. The Kier molecular flexibility index (Phi) is 5.73. The molecule has 0 saturated heterocycles. The molecule has 0 spiro atoms. The highest BCUT2D eigenvalue weighted by atomic mass is 33.1. The first-order valence-electron chi connectivity index (χ1n) is 5.86. The summed E-state index contributed by atoms with van der Waals surface area (Å²) in [6, 6.07) is 0. The predicted molar refractivity (Wildman–Crippen MR) is 75.3 cm³/mol. The van der Waals surface area contributed by atoms with Gasteiger partial charge in [0.2, 0.25) is 0 Å². The van der Waals surface area contributed by atoms with Crippen LogP contribution >= 0.6 is 30.0 Å². The third-order valence-corrected chi connectivity index (χ3v) is 6.73. The lowest BCUT2D eigenvalue weighted by Crippen LogP contribution is -2.42. The first-order valence-corrected chi connectivity index (χ1v) is 9.95. The van der Waals surface area contributed by atoms with E-state index in [4.69, 9.17) is 5.73 Å². The number of nitrogens with two attached hydrogens (primary N) is 1. The number of aliphatic hydroxyl groups excluding tert-OH is 1. The van der Waals surface area contributed by atoms with Crippen molar-refractivity contribution in [1.82, 2.24) is 0 Å². The van der Waals surface area contributed by atoms with Gasteiger partial charge >= 0.3 is 0 Å². The molecule has 4 unspecified atom stereocenters. The van der Waals surface area contributed by atoms with Gasteiger partial charge in [0.25, 0.3) is 0 Å². The van der Waals surface area contributed by atoms with Gasteiger partial charge in [-0.2, -0.15) is 0 Å². The van der Waals surface area contributed by atoms with Crippen molar-refractivity contribution in [2.24, 2.45) is 17.6 Å². The van der Waals surface area contributed by atoms with Crippen LogP contribution < -0.4 is 5.73 Å². The molecule has 0 heterocycles. The van der Waals surface area contributed by atoms with Crippen molar-refractivity contribution >= 4 is 30.0 Å². The molecule has 1 aliphatic rings. The quantitative estimate of drug-likeness (QED) is 0.364. The number of hydrogen-bond donors (Lipinski definition) is 4. The molecule has 1 saturated carbocycles. The van der Waals surface area contributed by atoms with Crippen molar-refractivity contribution in [3.05, 3.63) is 0 Å². The second kappa shape index (κ2) is 6.14. The van der Waals surface area contributed by atoms with Crippen molar-refractivity contribution in [3.8, 4) is 0 Å². The Balaban J connectivity index is 2.88. The van der Waals surface area contributed by atoms with Gasteiger partial charge in [-0.05, 0) is 18.3 Å². The van der Waals surface area contributed by atoms with Crippen LogP contribution in [0.5, 0.6) is 0 Å². The van der Waals surface area contributed by atoms with Crippen molar-refractivity contribution in [2.75, 3.05) is 0 Å². The van der Waals surface area contributed by atoms with Crippen LogP contribution in [0.1, 0.15) is 39.0 Å².